The van der Waals surface area contributed by atoms with Gasteiger partial charge >= 0.3 is 0 Å². The van der Waals surface area contributed by atoms with Crippen molar-refractivity contribution in [1.29, 1.82) is 5.41 Å². The summed E-state index contributed by atoms with van der Waals surface area (Å²) < 4.78 is 0. The Balaban J connectivity index is 1.90. The molecular formula is C18H21N3. The maximum atomic E-state index is 8.44. The lowest BCUT2D eigenvalue weighted by Gasteiger charge is -2.23. The smallest absolute Gasteiger partial charge is 0.0708 e. The van der Waals surface area contributed by atoms with Gasteiger partial charge in [0.2, 0.25) is 0 Å². The van der Waals surface area contributed by atoms with Crippen LogP contribution in [0.15, 0.2) is 48.2 Å². The predicted octanol–water partition coefficient (Wildman–Crippen LogP) is 3.55. The molecule has 3 heteroatoms. The van der Waals surface area contributed by atoms with Crippen LogP contribution in [-0.2, 0) is 0 Å². The Hall–Kier alpha value is -2.00. The largest absolute Gasteiger partial charge is 0.317 e. The molecular weight excluding hydrogens is 258 g/mol. The summed E-state index contributed by atoms with van der Waals surface area (Å²) in [5, 5.41) is 12.9. The number of nitrogens with zero attached hydrogens (tertiary/aromatic N) is 1. The van der Waals surface area contributed by atoms with Crippen LogP contribution in [-0.4, -0.2) is 23.8 Å². The fourth-order valence-corrected chi connectivity index (χ4v) is 3.03. The summed E-state index contributed by atoms with van der Waals surface area (Å²) in [6.45, 7) is 4.33. The molecule has 1 aromatic heterocycles. The third-order valence-electron chi connectivity index (χ3n) is 4.29. The van der Waals surface area contributed by atoms with E-state index in [-0.39, 0.29) is 0 Å². The van der Waals surface area contributed by atoms with E-state index in [1.165, 1.54) is 18.4 Å². The van der Waals surface area contributed by atoms with E-state index in [9.17, 15) is 0 Å². The van der Waals surface area contributed by atoms with E-state index in [4.69, 9.17) is 5.41 Å². The number of allylic oxidation sites excluding steroid dienone is 2. The lowest BCUT2D eigenvalue weighted by Crippen LogP contribution is -2.28. The molecule has 1 fully saturated rings. The first-order valence-corrected chi connectivity index (χ1v) is 7.57. The Morgan fingerprint density at radius 2 is 2.00 bits per heavy atom. The summed E-state index contributed by atoms with van der Waals surface area (Å²) in [5.74, 6) is 0.611. The zero-order valence-corrected chi connectivity index (χ0v) is 12.4. The van der Waals surface area contributed by atoms with E-state index in [1.54, 1.807) is 6.20 Å². The van der Waals surface area contributed by atoms with Crippen molar-refractivity contribution in [2.75, 3.05) is 13.1 Å². The van der Waals surface area contributed by atoms with Crippen LogP contribution >= 0.6 is 0 Å². The van der Waals surface area contributed by atoms with Crippen molar-refractivity contribution in [2.24, 2.45) is 5.92 Å². The van der Waals surface area contributed by atoms with Crippen molar-refractivity contribution in [3.63, 3.8) is 0 Å². The topological polar surface area (TPSA) is 48.8 Å². The van der Waals surface area contributed by atoms with Crippen molar-refractivity contribution in [1.82, 2.24) is 10.3 Å². The van der Waals surface area contributed by atoms with Gasteiger partial charge < -0.3 is 10.7 Å². The molecule has 0 saturated carbocycles. The molecule has 3 rings (SSSR count). The average molecular weight is 279 g/mol. The summed E-state index contributed by atoms with van der Waals surface area (Å²) in [6, 6.07) is 9.97. The lowest BCUT2D eigenvalue weighted by atomic mass is 9.89. The Labute approximate surface area is 125 Å². The van der Waals surface area contributed by atoms with Gasteiger partial charge in [0.15, 0.2) is 0 Å². The van der Waals surface area contributed by atoms with Crippen LogP contribution in [0.4, 0.5) is 0 Å². The Morgan fingerprint density at radius 1 is 1.24 bits per heavy atom. The molecule has 108 valence electrons. The van der Waals surface area contributed by atoms with Gasteiger partial charge in [-0.15, -0.1) is 0 Å². The van der Waals surface area contributed by atoms with E-state index >= 15 is 0 Å². The molecule has 1 aliphatic heterocycles. The molecule has 1 aromatic carbocycles. The highest BCUT2D eigenvalue weighted by Gasteiger charge is 2.15. The highest BCUT2D eigenvalue weighted by Crippen LogP contribution is 2.23. The molecule has 2 heterocycles. The molecule has 0 spiro atoms. The third kappa shape index (κ3) is 3.03. The fourth-order valence-electron chi connectivity index (χ4n) is 3.03. The minimum Gasteiger partial charge on any atom is -0.317 e. The van der Waals surface area contributed by atoms with E-state index in [0.29, 0.717) is 11.6 Å². The minimum absolute atomic E-state index is 0.588. The van der Waals surface area contributed by atoms with Gasteiger partial charge in [0.1, 0.15) is 0 Å². The monoisotopic (exact) mass is 279 g/mol. The summed E-state index contributed by atoms with van der Waals surface area (Å²) in [6.07, 6.45) is 6.18. The van der Waals surface area contributed by atoms with Crippen LogP contribution in [0.2, 0.25) is 0 Å². The van der Waals surface area contributed by atoms with Crippen molar-refractivity contribution >= 4 is 16.6 Å². The highest BCUT2D eigenvalue weighted by molar-refractivity contribution is 6.14. The highest BCUT2D eigenvalue weighted by atomic mass is 14.9. The van der Waals surface area contributed by atoms with Crippen LogP contribution in [0.3, 0.4) is 0 Å². The predicted molar refractivity (Wildman–Crippen MR) is 87.9 cm³/mol. The number of pyridine rings is 1. The second-order valence-corrected chi connectivity index (χ2v) is 5.70. The van der Waals surface area contributed by atoms with Gasteiger partial charge in [-0.1, -0.05) is 23.8 Å². The zero-order chi connectivity index (χ0) is 14.7. The SMILES string of the molecule is C/C(=C\C(=N)c1ccnc2ccccc12)C1CCNCC1. The summed E-state index contributed by atoms with van der Waals surface area (Å²) in [7, 11) is 0. The van der Waals surface area contributed by atoms with Crippen LogP contribution in [0, 0.1) is 11.3 Å². The van der Waals surface area contributed by atoms with Crippen LogP contribution in [0.5, 0.6) is 0 Å². The Kier molecular flexibility index (Phi) is 4.11. The van der Waals surface area contributed by atoms with E-state index in [2.05, 4.69) is 17.2 Å². The molecule has 0 aliphatic carbocycles. The number of aromatic nitrogens is 1. The molecule has 2 aromatic rings. The molecule has 0 amide bonds. The third-order valence-corrected chi connectivity index (χ3v) is 4.29. The number of piperidine rings is 1. The van der Waals surface area contributed by atoms with Gasteiger partial charge in [-0.2, -0.15) is 0 Å². The van der Waals surface area contributed by atoms with E-state index in [1.807, 2.05) is 36.4 Å². The number of rotatable bonds is 3. The first-order chi connectivity index (χ1) is 10.3. The van der Waals surface area contributed by atoms with Gasteiger partial charge in [-0.05, 0) is 57.0 Å². The summed E-state index contributed by atoms with van der Waals surface area (Å²) >= 11 is 0. The number of nitrogens with one attached hydrogen (secondary N) is 2. The summed E-state index contributed by atoms with van der Waals surface area (Å²) in [4.78, 5) is 4.37. The molecule has 0 atom stereocenters. The van der Waals surface area contributed by atoms with Gasteiger partial charge in [0, 0.05) is 17.1 Å². The Bertz CT molecular complexity index is 676. The van der Waals surface area contributed by atoms with Crippen LogP contribution in [0.25, 0.3) is 10.9 Å². The molecule has 3 nitrogen and oxygen atoms in total. The van der Waals surface area contributed by atoms with Crippen LogP contribution in [0.1, 0.15) is 25.3 Å². The molecule has 0 radical (unpaired) electrons. The molecule has 21 heavy (non-hydrogen) atoms. The van der Waals surface area contributed by atoms with Crippen molar-refractivity contribution < 1.29 is 0 Å². The van der Waals surface area contributed by atoms with E-state index in [0.717, 1.165) is 29.6 Å². The molecule has 0 bridgehead atoms. The average Bonchev–Trinajstić information content (AvgIpc) is 2.55. The normalized spacial score (nSPS) is 17.1. The van der Waals surface area contributed by atoms with Crippen molar-refractivity contribution in [3.8, 4) is 0 Å². The number of hydrogen-bond acceptors (Lipinski definition) is 3. The molecule has 0 unspecified atom stereocenters. The maximum absolute atomic E-state index is 8.44. The van der Waals surface area contributed by atoms with E-state index < -0.39 is 0 Å². The van der Waals surface area contributed by atoms with Gasteiger partial charge in [0.05, 0.1) is 11.2 Å². The fraction of sp³-hybridized carbons (Fsp3) is 0.333. The van der Waals surface area contributed by atoms with Crippen molar-refractivity contribution in [3.05, 3.63) is 53.7 Å². The van der Waals surface area contributed by atoms with Gasteiger partial charge in [-0.25, -0.2) is 0 Å². The molecule has 1 aliphatic rings. The summed E-state index contributed by atoms with van der Waals surface area (Å²) in [5.41, 5.74) is 3.83. The molecule has 2 N–H and O–H groups in total. The number of para-hydroxylation sites is 1. The lowest BCUT2D eigenvalue weighted by molar-refractivity contribution is 0.420. The second kappa shape index (κ2) is 6.19. The van der Waals surface area contributed by atoms with Crippen molar-refractivity contribution in [2.45, 2.75) is 19.8 Å². The first-order valence-electron chi connectivity index (χ1n) is 7.57. The molecule has 1 saturated heterocycles. The number of fused-ring (bicyclic) bond motifs is 1. The quantitative estimate of drug-likeness (QED) is 0.844. The number of hydrogen-bond donors (Lipinski definition) is 2. The maximum Gasteiger partial charge on any atom is 0.0708 e. The van der Waals surface area contributed by atoms with Gasteiger partial charge in [0.25, 0.3) is 0 Å². The zero-order valence-electron chi connectivity index (χ0n) is 12.4. The van der Waals surface area contributed by atoms with Gasteiger partial charge in [-0.3, -0.25) is 4.98 Å². The second-order valence-electron chi connectivity index (χ2n) is 5.70. The minimum atomic E-state index is 0.588. The number of benzene rings is 1. The Morgan fingerprint density at radius 3 is 2.81 bits per heavy atom. The first kappa shape index (κ1) is 14.0. The van der Waals surface area contributed by atoms with Crippen LogP contribution < -0.4 is 5.32 Å². The standard InChI is InChI=1S/C18H21N3/c1-13(14-6-9-20-10-7-14)12-17(19)15-8-11-21-18-5-3-2-4-16(15)18/h2-5,8,11-12,14,19-20H,6-7,9-10H2,1H3/b13-12+,19-17?.